The van der Waals surface area contributed by atoms with E-state index in [2.05, 4.69) is 5.32 Å². The van der Waals surface area contributed by atoms with Gasteiger partial charge in [0.2, 0.25) is 0 Å². The molecule has 0 unspecified atom stereocenters. The number of aryl methyl sites for hydroxylation is 2. The van der Waals surface area contributed by atoms with Crippen LogP contribution in [0.4, 0.5) is 17.1 Å². The smallest absolute Gasteiger partial charge is 0.257 e. The highest BCUT2D eigenvalue weighted by Crippen LogP contribution is 2.19. The summed E-state index contributed by atoms with van der Waals surface area (Å²) in [5.41, 5.74) is 15.8. The molecule has 5 N–H and O–H groups in total. The Morgan fingerprint density at radius 2 is 1.74 bits per heavy atom. The predicted molar refractivity (Wildman–Crippen MR) is 79.1 cm³/mol. The molecule has 4 nitrogen and oxygen atoms in total. The Balaban J connectivity index is 2.23. The maximum absolute atomic E-state index is 12.1. The van der Waals surface area contributed by atoms with E-state index in [0.29, 0.717) is 16.9 Å². The first-order valence-corrected chi connectivity index (χ1v) is 6.01. The lowest BCUT2D eigenvalue weighted by atomic mass is 10.1. The number of rotatable bonds is 2. The molecule has 2 rings (SSSR count). The first-order valence-electron chi connectivity index (χ1n) is 6.01. The van der Waals surface area contributed by atoms with E-state index in [1.54, 1.807) is 18.2 Å². The molecular weight excluding hydrogens is 238 g/mol. The highest BCUT2D eigenvalue weighted by Gasteiger charge is 2.10. The maximum Gasteiger partial charge on any atom is 0.257 e. The molecule has 2 aromatic rings. The molecule has 98 valence electrons. The number of hydrogen-bond donors (Lipinski definition) is 3. The van der Waals surface area contributed by atoms with Crippen LogP contribution in [0.2, 0.25) is 0 Å². The molecular formula is C15H17N3O. The summed E-state index contributed by atoms with van der Waals surface area (Å²) in [7, 11) is 0. The summed E-state index contributed by atoms with van der Waals surface area (Å²) in [5, 5.41) is 2.83. The molecule has 0 aliphatic rings. The second-order valence-electron chi connectivity index (χ2n) is 4.60. The fourth-order valence-corrected chi connectivity index (χ4v) is 1.81. The molecule has 2 aromatic carbocycles. The van der Waals surface area contributed by atoms with E-state index in [4.69, 9.17) is 11.5 Å². The van der Waals surface area contributed by atoms with Crippen molar-refractivity contribution in [3.05, 3.63) is 53.1 Å². The van der Waals surface area contributed by atoms with E-state index in [0.717, 1.165) is 11.3 Å². The van der Waals surface area contributed by atoms with Crippen molar-refractivity contribution in [1.29, 1.82) is 0 Å². The second-order valence-corrected chi connectivity index (χ2v) is 4.60. The summed E-state index contributed by atoms with van der Waals surface area (Å²) in [4.78, 5) is 12.1. The monoisotopic (exact) mass is 255 g/mol. The van der Waals surface area contributed by atoms with E-state index >= 15 is 0 Å². The number of carbonyl (C=O) groups is 1. The van der Waals surface area contributed by atoms with Crippen LogP contribution in [0.5, 0.6) is 0 Å². The molecule has 0 spiro atoms. The zero-order valence-electron chi connectivity index (χ0n) is 11.0. The number of amides is 1. The van der Waals surface area contributed by atoms with Gasteiger partial charge in [0.05, 0.1) is 5.56 Å². The van der Waals surface area contributed by atoms with Crippen LogP contribution in [0.1, 0.15) is 21.5 Å². The molecule has 0 aliphatic carbocycles. The lowest BCUT2D eigenvalue weighted by Crippen LogP contribution is -2.14. The van der Waals surface area contributed by atoms with Crippen molar-refractivity contribution in [2.45, 2.75) is 13.8 Å². The molecule has 0 fully saturated rings. The van der Waals surface area contributed by atoms with Gasteiger partial charge in [-0.3, -0.25) is 4.79 Å². The predicted octanol–water partition coefficient (Wildman–Crippen LogP) is 2.72. The Bertz CT molecular complexity index is 635. The standard InChI is InChI=1S/C15H17N3O/c1-9-3-5-12(7-10(9)2)18-15(19)13-6-4-11(16)8-14(13)17/h3-8H,16-17H2,1-2H3,(H,18,19). The zero-order chi connectivity index (χ0) is 14.0. The molecule has 0 atom stereocenters. The van der Waals surface area contributed by atoms with Crippen LogP contribution in [0.15, 0.2) is 36.4 Å². The summed E-state index contributed by atoms with van der Waals surface area (Å²) in [5.74, 6) is -0.235. The van der Waals surface area contributed by atoms with Crippen LogP contribution in [0.25, 0.3) is 0 Å². The van der Waals surface area contributed by atoms with Gasteiger partial charge in [0.25, 0.3) is 5.91 Å². The SMILES string of the molecule is Cc1ccc(NC(=O)c2ccc(N)cc2N)cc1C. The van der Waals surface area contributed by atoms with Crippen molar-refractivity contribution in [2.24, 2.45) is 0 Å². The summed E-state index contributed by atoms with van der Waals surface area (Å²) in [6.45, 7) is 4.03. The van der Waals surface area contributed by atoms with E-state index in [1.165, 1.54) is 5.56 Å². The third-order valence-corrected chi connectivity index (χ3v) is 3.09. The van der Waals surface area contributed by atoms with E-state index < -0.39 is 0 Å². The minimum atomic E-state index is -0.235. The van der Waals surface area contributed by atoms with Crippen LogP contribution in [0, 0.1) is 13.8 Å². The summed E-state index contributed by atoms with van der Waals surface area (Å²) >= 11 is 0. The first kappa shape index (κ1) is 13.0. The molecule has 0 saturated heterocycles. The normalized spacial score (nSPS) is 10.2. The Hall–Kier alpha value is -2.49. The van der Waals surface area contributed by atoms with Gasteiger partial charge >= 0.3 is 0 Å². The Labute approximate surface area is 112 Å². The van der Waals surface area contributed by atoms with Crippen molar-refractivity contribution in [3.63, 3.8) is 0 Å². The van der Waals surface area contributed by atoms with Gasteiger partial charge in [0.15, 0.2) is 0 Å². The average Bonchev–Trinajstić information content (AvgIpc) is 2.33. The van der Waals surface area contributed by atoms with Gasteiger partial charge in [-0.25, -0.2) is 0 Å². The molecule has 0 radical (unpaired) electrons. The Kier molecular flexibility index (Phi) is 3.42. The van der Waals surface area contributed by atoms with Crippen LogP contribution >= 0.6 is 0 Å². The Morgan fingerprint density at radius 1 is 1.00 bits per heavy atom. The fraction of sp³-hybridized carbons (Fsp3) is 0.133. The number of benzene rings is 2. The molecule has 0 heterocycles. The molecule has 0 bridgehead atoms. The number of nitrogens with one attached hydrogen (secondary N) is 1. The molecule has 0 saturated carbocycles. The first-order chi connectivity index (χ1) is 8.97. The summed E-state index contributed by atoms with van der Waals surface area (Å²) in [6.07, 6.45) is 0. The van der Waals surface area contributed by atoms with Crippen molar-refractivity contribution >= 4 is 23.0 Å². The summed E-state index contributed by atoms with van der Waals surface area (Å²) < 4.78 is 0. The van der Waals surface area contributed by atoms with Gasteiger partial charge in [-0.2, -0.15) is 0 Å². The highest BCUT2D eigenvalue weighted by molar-refractivity contribution is 6.08. The van der Waals surface area contributed by atoms with Crippen LogP contribution < -0.4 is 16.8 Å². The minimum Gasteiger partial charge on any atom is -0.399 e. The van der Waals surface area contributed by atoms with E-state index in [-0.39, 0.29) is 5.91 Å². The van der Waals surface area contributed by atoms with Gasteiger partial charge in [-0.05, 0) is 55.3 Å². The van der Waals surface area contributed by atoms with Crippen molar-refractivity contribution < 1.29 is 4.79 Å². The van der Waals surface area contributed by atoms with Crippen molar-refractivity contribution in [1.82, 2.24) is 0 Å². The quantitative estimate of drug-likeness (QED) is 0.722. The molecule has 0 aromatic heterocycles. The lowest BCUT2D eigenvalue weighted by Gasteiger charge is -2.09. The van der Waals surface area contributed by atoms with Crippen LogP contribution in [-0.4, -0.2) is 5.91 Å². The van der Waals surface area contributed by atoms with Gasteiger partial charge in [-0.1, -0.05) is 6.07 Å². The summed E-state index contributed by atoms with van der Waals surface area (Å²) in [6, 6.07) is 10.6. The highest BCUT2D eigenvalue weighted by atomic mass is 16.1. The van der Waals surface area contributed by atoms with Gasteiger partial charge in [-0.15, -0.1) is 0 Å². The van der Waals surface area contributed by atoms with Crippen LogP contribution in [0.3, 0.4) is 0 Å². The van der Waals surface area contributed by atoms with Crippen LogP contribution in [-0.2, 0) is 0 Å². The van der Waals surface area contributed by atoms with Gasteiger partial charge < -0.3 is 16.8 Å². The molecule has 4 heteroatoms. The third-order valence-electron chi connectivity index (χ3n) is 3.09. The second kappa shape index (κ2) is 5.02. The van der Waals surface area contributed by atoms with E-state index in [9.17, 15) is 4.79 Å². The van der Waals surface area contributed by atoms with Gasteiger partial charge in [0, 0.05) is 17.1 Å². The van der Waals surface area contributed by atoms with Crippen molar-refractivity contribution in [3.8, 4) is 0 Å². The number of nitrogens with two attached hydrogens (primary N) is 2. The minimum absolute atomic E-state index is 0.235. The zero-order valence-corrected chi connectivity index (χ0v) is 11.0. The number of carbonyl (C=O) groups excluding carboxylic acids is 1. The topological polar surface area (TPSA) is 81.1 Å². The maximum atomic E-state index is 12.1. The Morgan fingerprint density at radius 3 is 2.37 bits per heavy atom. The lowest BCUT2D eigenvalue weighted by molar-refractivity contribution is 0.102. The van der Waals surface area contributed by atoms with Gasteiger partial charge in [0.1, 0.15) is 0 Å². The largest absolute Gasteiger partial charge is 0.399 e. The average molecular weight is 255 g/mol. The number of nitrogen functional groups attached to an aromatic ring is 2. The molecule has 1 amide bonds. The fourth-order valence-electron chi connectivity index (χ4n) is 1.81. The molecule has 0 aliphatic heterocycles. The number of hydrogen-bond acceptors (Lipinski definition) is 3. The third kappa shape index (κ3) is 2.85. The van der Waals surface area contributed by atoms with E-state index in [1.807, 2.05) is 32.0 Å². The number of anilines is 3. The van der Waals surface area contributed by atoms with Crippen molar-refractivity contribution in [2.75, 3.05) is 16.8 Å². The molecule has 19 heavy (non-hydrogen) atoms.